The largest absolute Gasteiger partial charge is 0.496 e. The maximum atomic E-state index is 12.7. The molecule has 3 N–H and O–H groups in total. The van der Waals surface area contributed by atoms with Gasteiger partial charge in [-0.2, -0.15) is 5.10 Å². The predicted molar refractivity (Wildman–Crippen MR) is 95.6 cm³/mol. The lowest BCUT2D eigenvalue weighted by Gasteiger charge is -2.18. The minimum Gasteiger partial charge on any atom is -0.496 e. The molecule has 26 heavy (non-hydrogen) atoms. The number of halogens is 1. The number of hydrogen-bond acceptors (Lipinski definition) is 6. The summed E-state index contributed by atoms with van der Waals surface area (Å²) in [6.07, 6.45) is 6.52. The molecule has 0 aliphatic carbocycles. The lowest BCUT2D eigenvalue weighted by Crippen LogP contribution is -2.31. The lowest BCUT2D eigenvalue weighted by atomic mass is 10.0. The number of hydrogen-bond donors (Lipinski definition) is 3. The Balaban J connectivity index is 1.62. The molecular formula is C17H15ClN6O2. The number of rotatable bonds is 4. The van der Waals surface area contributed by atoms with E-state index in [9.17, 15) is 4.79 Å². The van der Waals surface area contributed by atoms with Crippen LogP contribution in [-0.4, -0.2) is 27.6 Å². The van der Waals surface area contributed by atoms with E-state index in [-0.39, 0.29) is 11.9 Å². The summed E-state index contributed by atoms with van der Waals surface area (Å²) in [7, 11) is 1.59. The summed E-state index contributed by atoms with van der Waals surface area (Å²) in [5.41, 5.74) is 8.30. The molecule has 0 saturated carbocycles. The smallest absolute Gasteiger partial charge is 0.261 e. The number of amides is 1. The van der Waals surface area contributed by atoms with E-state index in [0.29, 0.717) is 27.7 Å². The number of aromatic nitrogens is 3. The van der Waals surface area contributed by atoms with Crippen LogP contribution in [0.15, 0.2) is 54.8 Å². The Bertz CT molecular complexity index is 1020. The molecule has 1 atom stereocenters. The van der Waals surface area contributed by atoms with Crippen molar-refractivity contribution in [1.29, 1.82) is 0 Å². The Morgan fingerprint density at radius 1 is 1.42 bits per heavy atom. The van der Waals surface area contributed by atoms with E-state index in [2.05, 4.69) is 26.3 Å². The van der Waals surface area contributed by atoms with Gasteiger partial charge in [-0.3, -0.25) is 4.79 Å². The first-order valence-electron chi connectivity index (χ1n) is 7.81. The molecule has 0 radical (unpaired) electrons. The van der Waals surface area contributed by atoms with Crippen LogP contribution < -0.4 is 20.9 Å². The molecule has 1 unspecified atom stereocenters. The van der Waals surface area contributed by atoms with Crippen molar-refractivity contribution in [3.05, 3.63) is 70.9 Å². The second-order valence-electron chi connectivity index (χ2n) is 5.61. The maximum absolute atomic E-state index is 12.7. The van der Waals surface area contributed by atoms with Crippen LogP contribution in [0.4, 0.5) is 0 Å². The summed E-state index contributed by atoms with van der Waals surface area (Å²) in [5.74, 6) is 0.356. The Hall–Kier alpha value is -3.10. The highest BCUT2D eigenvalue weighted by atomic mass is 35.5. The highest BCUT2D eigenvalue weighted by Gasteiger charge is 2.27. The Labute approximate surface area is 153 Å². The van der Waals surface area contributed by atoms with E-state index in [1.165, 1.54) is 6.20 Å². The van der Waals surface area contributed by atoms with Crippen molar-refractivity contribution in [1.82, 2.24) is 30.8 Å². The molecule has 0 bridgehead atoms. The topological polar surface area (TPSA) is 92.6 Å². The molecule has 3 heterocycles. The van der Waals surface area contributed by atoms with Crippen molar-refractivity contribution in [2.75, 3.05) is 7.11 Å². The third kappa shape index (κ3) is 2.85. The quantitative estimate of drug-likeness (QED) is 0.648. The first-order valence-corrected chi connectivity index (χ1v) is 8.19. The lowest BCUT2D eigenvalue weighted by molar-refractivity contribution is 0.0965. The summed E-state index contributed by atoms with van der Waals surface area (Å²) in [4.78, 5) is 16.9. The fraction of sp³-hybridized carbons (Fsp3) is 0.118. The molecule has 132 valence electrons. The molecular weight excluding hydrogens is 356 g/mol. The molecule has 0 fully saturated rings. The summed E-state index contributed by atoms with van der Waals surface area (Å²) in [6, 6.07) is 6.74. The number of benzene rings is 1. The first kappa shape index (κ1) is 16.4. The third-order valence-corrected chi connectivity index (χ3v) is 4.29. The van der Waals surface area contributed by atoms with Gasteiger partial charge in [0.1, 0.15) is 11.3 Å². The normalized spacial score (nSPS) is 16.2. The highest BCUT2D eigenvalue weighted by molar-refractivity contribution is 6.30. The van der Waals surface area contributed by atoms with Crippen LogP contribution in [0, 0.1) is 0 Å². The van der Waals surface area contributed by atoms with Gasteiger partial charge in [0, 0.05) is 29.2 Å². The number of carbonyl (C=O) groups is 1. The fourth-order valence-corrected chi connectivity index (χ4v) is 3.01. The minimum absolute atomic E-state index is 0.304. The first-order chi connectivity index (χ1) is 12.7. The van der Waals surface area contributed by atoms with Crippen LogP contribution in [0.3, 0.4) is 0 Å². The van der Waals surface area contributed by atoms with Crippen LogP contribution in [0.1, 0.15) is 22.0 Å². The van der Waals surface area contributed by atoms with Gasteiger partial charge in [0.05, 0.1) is 25.0 Å². The Morgan fingerprint density at radius 3 is 3.15 bits per heavy atom. The molecule has 1 amide bonds. The van der Waals surface area contributed by atoms with Crippen LogP contribution in [0.2, 0.25) is 5.02 Å². The minimum atomic E-state index is -0.331. The van der Waals surface area contributed by atoms with Crippen molar-refractivity contribution in [2.24, 2.45) is 0 Å². The molecule has 2 aromatic heterocycles. The van der Waals surface area contributed by atoms with Crippen molar-refractivity contribution >= 4 is 23.2 Å². The van der Waals surface area contributed by atoms with Gasteiger partial charge in [-0.1, -0.05) is 11.6 Å². The summed E-state index contributed by atoms with van der Waals surface area (Å²) in [5, 5.41) is 7.61. The second kappa shape index (κ2) is 6.66. The van der Waals surface area contributed by atoms with Crippen LogP contribution >= 0.6 is 11.6 Å². The van der Waals surface area contributed by atoms with E-state index in [1.807, 2.05) is 0 Å². The average Bonchev–Trinajstić information content (AvgIpc) is 3.28. The number of ether oxygens (including phenoxy) is 1. The Morgan fingerprint density at radius 2 is 2.31 bits per heavy atom. The highest BCUT2D eigenvalue weighted by Crippen LogP contribution is 2.32. The van der Waals surface area contributed by atoms with E-state index < -0.39 is 0 Å². The molecule has 0 spiro atoms. The van der Waals surface area contributed by atoms with Gasteiger partial charge < -0.3 is 15.5 Å². The van der Waals surface area contributed by atoms with Gasteiger partial charge in [-0.25, -0.2) is 14.9 Å². The third-order valence-electron chi connectivity index (χ3n) is 4.05. The van der Waals surface area contributed by atoms with Crippen molar-refractivity contribution < 1.29 is 9.53 Å². The zero-order chi connectivity index (χ0) is 18.1. The zero-order valence-electron chi connectivity index (χ0n) is 13.7. The molecule has 1 aliphatic heterocycles. The molecule has 4 rings (SSSR count). The fourth-order valence-electron chi connectivity index (χ4n) is 2.83. The van der Waals surface area contributed by atoms with E-state index >= 15 is 0 Å². The molecule has 1 aliphatic rings. The molecule has 1 aromatic carbocycles. The standard InChI is InChI=1S/C17H15ClN6O2/c1-26-14-4-3-10(18)7-11(14)15-13(9-20-23-15)22-17(25)12-8-21-24-6-2-5-19-16(12)24/h2-9,15,20,23H,1H3,(H,22,25). The van der Waals surface area contributed by atoms with Crippen molar-refractivity contribution in [3.63, 3.8) is 0 Å². The number of hydrazine groups is 1. The second-order valence-corrected chi connectivity index (χ2v) is 6.04. The van der Waals surface area contributed by atoms with Gasteiger partial charge in [0.2, 0.25) is 0 Å². The number of nitrogens with zero attached hydrogens (tertiary/aromatic N) is 3. The monoisotopic (exact) mass is 370 g/mol. The summed E-state index contributed by atoms with van der Waals surface area (Å²) < 4.78 is 6.95. The zero-order valence-corrected chi connectivity index (χ0v) is 14.5. The number of nitrogens with one attached hydrogen (secondary N) is 3. The van der Waals surface area contributed by atoms with Crippen LogP contribution in [-0.2, 0) is 0 Å². The summed E-state index contributed by atoms with van der Waals surface area (Å²) >= 11 is 6.12. The Kier molecular flexibility index (Phi) is 4.19. The molecule has 0 saturated heterocycles. The predicted octanol–water partition coefficient (Wildman–Crippen LogP) is 1.81. The number of fused-ring (bicyclic) bond motifs is 1. The average molecular weight is 371 g/mol. The van der Waals surface area contributed by atoms with Crippen molar-refractivity contribution in [3.8, 4) is 5.75 Å². The van der Waals surface area contributed by atoms with E-state index in [4.69, 9.17) is 16.3 Å². The van der Waals surface area contributed by atoms with Gasteiger partial charge in [-0.05, 0) is 24.3 Å². The van der Waals surface area contributed by atoms with Crippen LogP contribution in [0.25, 0.3) is 5.65 Å². The maximum Gasteiger partial charge on any atom is 0.261 e. The van der Waals surface area contributed by atoms with E-state index in [0.717, 1.165) is 5.56 Å². The molecule has 8 nitrogen and oxygen atoms in total. The van der Waals surface area contributed by atoms with E-state index in [1.54, 1.807) is 54.5 Å². The van der Waals surface area contributed by atoms with Crippen LogP contribution in [0.5, 0.6) is 5.75 Å². The number of methoxy groups -OCH3 is 1. The molecule has 9 heteroatoms. The van der Waals surface area contributed by atoms with Gasteiger partial charge in [-0.15, -0.1) is 0 Å². The van der Waals surface area contributed by atoms with Gasteiger partial charge in [0.25, 0.3) is 5.91 Å². The van der Waals surface area contributed by atoms with Crippen molar-refractivity contribution in [2.45, 2.75) is 6.04 Å². The SMILES string of the molecule is COc1ccc(Cl)cc1C1NNC=C1NC(=O)c1cnn2cccnc12. The summed E-state index contributed by atoms with van der Waals surface area (Å²) in [6.45, 7) is 0. The van der Waals surface area contributed by atoms with Gasteiger partial charge in [0.15, 0.2) is 5.65 Å². The number of carbonyl (C=O) groups excluding carboxylic acids is 1. The van der Waals surface area contributed by atoms with Gasteiger partial charge >= 0.3 is 0 Å². The molecule has 3 aromatic rings.